The van der Waals surface area contributed by atoms with Gasteiger partial charge >= 0.3 is 6.03 Å². The molecule has 1 unspecified atom stereocenters. The molecular formula is C12H20N2O3Si. The van der Waals surface area contributed by atoms with Crippen LogP contribution in [0.15, 0.2) is 0 Å². The van der Waals surface area contributed by atoms with Gasteiger partial charge in [0.1, 0.15) is 5.41 Å². The van der Waals surface area contributed by atoms with Crippen LogP contribution in [-0.4, -0.2) is 25.9 Å². The van der Waals surface area contributed by atoms with Gasteiger partial charge in [-0.15, -0.1) is 0 Å². The van der Waals surface area contributed by atoms with Gasteiger partial charge < -0.3 is 0 Å². The average Bonchev–Trinajstić information content (AvgIpc) is 2.25. The fourth-order valence-corrected chi connectivity index (χ4v) is 6.87. The number of hydrogen-bond acceptors (Lipinski definition) is 3. The highest BCUT2D eigenvalue weighted by atomic mass is 28.3. The van der Waals surface area contributed by atoms with Crippen molar-refractivity contribution in [3.8, 4) is 0 Å². The van der Waals surface area contributed by atoms with Gasteiger partial charge in [-0.3, -0.25) is 20.2 Å². The molecule has 0 radical (unpaired) electrons. The van der Waals surface area contributed by atoms with Gasteiger partial charge in [0.2, 0.25) is 11.8 Å². The third-order valence-electron chi connectivity index (χ3n) is 4.38. The van der Waals surface area contributed by atoms with Gasteiger partial charge in [0.25, 0.3) is 0 Å². The van der Waals surface area contributed by atoms with Crippen molar-refractivity contribution in [2.75, 3.05) is 0 Å². The van der Waals surface area contributed by atoms with Crippen LogP contribution in [-0.2, 0) is 9.59 Å². The zero-order valence-corrected chi connectivity index (χ0v) is 12.1. The van der Waals surface area contributed by atoms with Gasteiger partial charge in [-0.2, -0.15) is 0 Å². The summed E-state index contributed by atoms with van der Waals surface area (Å²) in [6, 6.07) is 1.10. The van der Waals surface area contributed by atoms with Crippen LogP contribution >= 0.6 is 0 Å². The summed E-state index contributed by atoms with van der Waals surface area (Å²) < 4.78 is 0. The minimum absolute atomic E-state index is 0.0473. The first-order chi connectivity index (χ1) is 8.32. The van der Waals surface area contributed by atoms with Crippen LogP contribution in [0.5, 0.6) is 0 Å². The molecule has 2 aliphatic heterocycles. The Labute approximate surface area is 108 Å². The molecule has 2 saturated heterocycles. The Balaban J connectivity index is 2.43. The first kappa shape index (κ1) is 13.3. The Bertz CT molecular complexity index is 400. The van der Waals surface area contributed by atoms with Crippen LogP contribution in [0, 0.1) is 11.3 Å². The zero-order chi connectivity index (χ0) is 13.6. The summed E-state index contributed by atoms with van der Waals surface area (Å²) in [6.07, 6.45) is 1.70. The Morgan fingerprint density at radius 1 is 1.22 bits per heavy atom. The summed E-state index contributed by atoms with van der Waals surface area (Å²) >= 11 is 0. The maximum Gasteiger partial charge on any atom is 0.328 e. The summed E-state index contributed by atoms with van der Waals surface area (Å²) in [5, 5.41) is 4.57. The number of carbonyl (C=O) groups excluding carboxylic acids is 3. The molecule has 5 nitrogen and oxygen atoms in total. The number of hydrogen-bond donors (Lipinski definition) is 2. The molecule has 2 rings (SSSR count). The van der Waals surface area contributed by atoms with Gasteiger partial charge in [0.15, 0.2) is 0 Å². The van der Waals surface area contributed by atoms with E-state index in [9.17, 15) is 14.4 Å². The third-order valence-corrected chi connectivity index (χ3v) is 7.54. The van der Waals surface area contributed by atoms with Crippen molar-refractivity contribution in [1.82, 2.24) is 10.6 Å². The number of carbonyl (C=O) groups is 3. The Morgan fingerprint density at radius 2 is 1.78 bits per heavy atom. The lowest BCUT2D eigenvalue weighted by atomic mass is 9.71. The molecule has 6 heteroatoms. The molecule has 1 atom stereocenters. The number of barbiturate groups is 1. The number of imide groups is 2. The lowest BCUT2D eigenvalue weighted by molar-refractivity contribution is -0.147. The van der Waals surface area contributed by atoms with E-state index in [0.717, 1.165) is 18.9 Å². The second-order valence-electron chi connectivity index (χ2n) is 6.19. The Morgan fingerprint density at radius 3 is 2.28 bits per heavy atom. The SMILES string of the molecule is CCC1CC[Si](C)(C)CC12C(=O)NC(=O)NC2=O. The van der Waals surface area contributed by atoms with Crippen molar-refractivity contribution >= 4 is 25.9 Å². The minimum Gasteiger partial charge on any atom is -0.277 e. The van der Waals surface area contributed by atoms with Crippen molar-refractivity contribution in [2.24, 2.45) is 11.3 Å². The lowest BCUT2D eigenvalue weighted by Crippen LogP contribution is -2.67. The van der Waals surface area contributed by atoms with Gasteiger partial charge in [-0.05, 0) is 12.0 Å². The van der Waals surface area contributed by atoms with E-state index in [1.807, 2.05) is 6.92 Å². The van der Waals surface area contributed by atoms with Crippen LogP contribution in [0.3, 0.4) is 0 Å². The van der Waals surface area contributed by atoms with Crippen molar-refractivity contribution in [3.05, 3.63) is 0 Å². The molecule has 0 aromatic carbocycles. The molecule has 0 aromatic heterocycles. The second-order valence-corrected chi connectivity index (χ2v) is 11.4. The standard InChI is InChI=1S/C12H20N2O3Si/c1-4-8-5-6-18(2,3)7-12(8)9(15)13-11(17)14-10(12)16/h8H,4-7H2,1-3H3,(H2,13,14,15,16,17). The molecule has 100 valence electrons. The summed E-state index contributed by atoms with van der Waals surface area (Å²) in [6.45, 7) is 6.42. The second kappa shape index (κ2) is 4.19. The largest absolute Gasteiger partial charge is 0.328 e. The van der Waals surface area contributed by atoms with Crippen LogP contribution in [0.4, 0.5) is 4.79 Å². The highest BCUT2D eigenvalue weighted by Crippen LogP contribution is 2.48. The Kier molecular flexibility index (Phi) is 3.09. The zero-order valence-electron chi connectivity index (χ0n) is 11.1. The normalized spacial score (nSPS) is 29.9. The van der Waals surface area contributed by atoms with Crippen molar-refractivity contribution in [3.63, 3.8) is 0 Å². The smallest absolute Gasteiger partial charge is 0.277 e. The quantitative estimate of drug-likeness (QED) is 0.558. The topological polar surface area (TPSA) is 75.3 Å². The molecule has 0 aromatic rings. The maximum atomic E-state index is 12.3. The first-order valence-electron chi connectivity index (χ1n) is 6.49. The van der Waals surface area contributed by atoms with E-state index >= 15 is 0 Å². The van der Waals surface area contributed by atoms with E-state index in [-0.39, 0.29) is 17.7 Å². The molecule has 1 spiro atoms. The molecule has 4 amide bonds. The number of nitrogens with one attached hydrogen (secondary N) is 2. The third kappa shape index (κ3) is 1.88. The summed E-state index contributed by atoms with van der Waals surface area (Å²) in [5.41, 5.74) is -1.00. The van der Waals surface area contributed by atoms with E-state index in [2.05, 4.69) is 23.7 Å². The van der Waals surface area contributed by atoms with Crippen LogP contribution in [0.25, 0.3) is 0 Å². The van der Waals surface area contributed by atoms with E-state index in [1.54, 1.807) is 0 Å². The monoisotopic (exact) mass is 268 g/mol. The predicted molar refractivity (Wildman–Crippen MR) is 69.6 cm³/mol. The van der Waals surface area contributed by atoms with Crippen molar-refractivity contribution in [1.29, 1.82) is 0 Å². The molecule has 18 heavy (non-hydrogen) atoms. The molecular weight excluding hydrogens is 248 g/mol. The summed E-state index contributed by atoms with van der Waals surface area (Å²) in [7, 11) is -1.55. The molecule has 2 heterocycles. The molecule has 0 aliphatic carbocycles. The van der Waals surface area contributed by atoms with Crippen molar-refractivity contribution in [2.45, 2.75) is 44.9 Å². The van der Waals surface area contributed by atoms with Gasteiger partial charge in [-0.1, -0.05) is 38.9 Å². The van der Waals surface area contributed by atoms with Gasteiger partial charge in [-0.25, -0.2) is 4.79 Å². The molecule has 2 aliphatic rings. The van der Waals surface area contributed by atoms with E-state index < -0.39 is 19.5 Å². The van der Waals surface area contributed by atoms with Gasteiger partial charge in [0.05, 0.1) is 0 Å². The average molecular weight is 268 g/mol. The predicted octanol–water partition coefficient (Wildman–Crippen LogP) is 1.48. The van der Waals surface area contributed by atoms with Gasteiger partial charge in [0, 0.05) is 8.07 Å². The molecule has 0 saturated carbocycles. The highest BCUT2D eigenvalue weighted by molar-refractivity contribution is 6.78. The van der Waals surface area contributed by atoms with Crippen molar-refractivity contribution < 1.29 is 14.4 Å². The lowest BCUT2D eigenvalue weighted by Gasteiger charge is -2.48. The van der Waals surface area contributed by atoms with Crippen LogP contribution in [0.2, 0.25) is 25.2 Å². The van der Waals surface area contributed by atoms with Crippen LogP contribution < -0.4 is 10.6 Å². The van der Waals surface area contributed by atoms with E-state index in [1.165, 1.54) is 0 Å². The first-order valence-corrected chi connectivity index (χ1v) is 9.90. The minimum atomic E-state index is -1.55. The maximum absolute atomic E-state index is 12.3. The van der Waals surface area contributed by atoms with E-state index in [0.29, 0.717) is 6.04 Å². The summed E-state index contributed by atoms with van der Waals surface area (Å²) in [4.78, 5) is 35.8. The molecule has 2 N–H and O–H groups in total. The summed E-state index contributed by atoms with van der Waals surface area (Å²) in [5.74, 6) is -0.724. The van der Waals surface area contributed by atoms with E-state index in [4.69, 9.17) is 0 Å². The number of amides is 4. The number of urea groups is 1. The Hall–Kier alpha value is -1.17. The van der Waals surface area contributed by atoms with Crippen LogP contribution in [0.1, 0.15) is 19.8 Å². The number of rotatable bonds is 1. The molecule has 0 bridgehead atoms. The fourth-order valence-electron chi connectivity index (χ4n) is 3.45. The highest BCUT2D eigenvalue weighted by Gasteiger charge is 2.59. The fraction of sp³-hybridized carbons (Fsp3) is 0.750. The molecule has 2 fully saturated rings.